The Kier molecular flexibility index (Phi) is 13.3. The Hall–Kier alpha value is -1.06. The van der Waals surface area contributed by atoms with Crippen LogP contribution in [0.5, 0.6) is 0 Å². The Bertz CT molecular complexity index is 571. The van der Waals surface area contributed by atoms with Gasteiger partial charge in [0.25, 0.3) is 0 Å². The molecule has 1 fully saturated rings. The van der Waals surface area contributed by atoms with Crippen molar-refractivity contribution in [3.8, 4) is 0 Å². The van der Waals surface area contributed by atoms with Crippen LogP contribution in [0.2, 0.25) is 0 Å². The summed E-state index contributed by atoms with van der Waals surface area (Å²) in [7, 11) is 1.83. The molecule has 2 N–H and O–H groups in total. The van der Waals surface area contributed by atoms with Crippen LogP contribution in [0.3, 0.4) is 0 Å². The van der Waals surface area contributed by atoms with Gasteiger partial charge < -0.3 is 25.2 Å². The van der Waals surface area contributed by atoms with Crippen molar-refractivity contribution in [1.29, 1.82) is 0 Å². The number of rotatable bonds is 10. The van der Waals surface area contributed by atoms with E-state index < -0.39 is 0 Å². The highest BCUT2D eigenvalue weighted by Gasteiger charge is 2.11. The number of benzene rings is 1. The van der Waals surface area contributed by atoms with Gasteiger partial charge in [-0.05, 0) is 57.1 Å². The van der Waals surface area contributed by atoms with Gasteiger partial charge in [0.15, 0.2) is 5.96 Å². The maximum absolute atomic E-state index is 5.43. The van der Waals surface area contributed by atoms with E-state index in [-0.39, 0.29) is 24.0 Å². The minimum absolute atomic E-state index is 0. The fourth-order valence-corrected chi connectivity index (χ4v) is 3.49. The summed E-state index contributed by atoms with van der Waals surface area (Å²) in [4.78, 5) is 9.22. The molecule has 1 saturated heterocycles. The van der Waals surface area contributed by atoms with Gasteiger partial charge in [0, 0.05) is 38.4 Å². The molecule has 1 heterocycles. The standard InChI is InChI=1S/C22H39N5O.HI/c1-5-26(6-2)13-7-8-19(3)25-22(23-4)24-18-20-9-11-21(12-10-20)27-14-16-28-17-15-27;/h9-12,19H,5-8,13-18H2,1-4H3,(H2,23,24,25);1H. The fourth-order valence-electron chi connectivity index (χ4n) is 3.49. The molecule has 1 aliphatic heterocycles. The molecule has 6 nitrogen and oxygen atoms in total. The van der Waals surface area contributed by atoms with E-state index in [0.29, 0.717) is 6.04 Å². The van der Waals surface area contributed by atoms with Gasteiger partial charge in [-0.3, -0.25) is 4.99 Å². The van der Waals surface area contributed by atoms with Gasteiger partial charge in [-0.1, -0.05) is 26.0 Å². The van der Waals surface area contributed by atoms with Gasteiger partial charge in [-0.2, -0.15) is 0 Å². The van der Waals surface area contributed by atoms with E-state index in [1.165, 1.54) is 24.2 Å². The predicted octanol–water partition coefficient (Wildman–Crippen LogP) is 3.32. The number of guanidine groups is 1. The Balaban J connectivity index is 0.00000420. The lowest BCUT2D eigenvalue weighted by molar-refractivity contribution is 0.122. The molecular weight excluding hydrogens is 477 g/mol. The predicted molar refractivity (Wildman–Crippen MR) is 135 cm³/mol. The van der Waals surface area contributed by atoms with Gasteiger partial charge in [-0.25, -0.2) is 0 Å². The zero-order valence-electron chi connectivity index (χ0n) is 18.6. The molecule has 0 saturated carbocycles. The van der Waals surface area contributed by atoms with E-state index in [1.807, 2.05) is 7.05 Å². The molecule has 0 radical (unpaired) electrons. The minimum atomic E-state index is 0. The number of morpholine rings is 1. The van der Waals surface area contributed by atoms with Crippen LogP contribution in [0, 0.1) is 0 Å². The molecule has 0 aliphatic carbocycles. The highest BCUT2D eigenvalue weighted by Crippen LogP contribution is 2.16. The molecule has 2 rings (SSSR count). The van der Waals surface area contributed by atoms with Crippen molar-refractivity contribution in [2.45, 2.75) is 46.2 Å². The summed E-state index contributed by atoms with van der Waals surface area (Å²) in [5.74, 6) is 0.868. The Labute approximate surface area is 194 Å². The monoisotopic (exact) mass is 517 g/mol. The molecule has 0 spiro atoms. The number of nitrogens with one attached hydrogen (secondary N) is 2. The van der Waals surface area contributed by atoms with Gasteiger partial charge in [-0.15, -0.1) is 24.0 Å². The molecule has 0 bridgehead atoms. The molecule has 29 heavy (non-hydrogen) atoms. The molecule has 1 aliphatic rings. The number of hydrogen-bond acceptors (Lipinski definition) is 4. The first kappa shape index (κ1) is 26.0. The summed E-state index contributed by atoms with van der Waals surface area (Å²) in [6, 6.07) is 9.20. The second-order valence-corrected chi connectivity index (χ2v) is 7.41. The van der Waals surface area contributed by atoms with Crippen LogP contribution in [-0.4, -0.2) is 69.9 Å². The number of nitrogens with zero attached hydrogens (tertiary/aromatic N) is 3. The van der Waals surface area contributed by atoms with Crippen LogP contribution in [0.4, 0.5) is 5.69 Å². The molecule has 1 atom stereocenters. The lowest BCUT2D eigenvalue weighted by Gasteiger charge is -2.29. The summed E-state index contributed by atoms with van der Waals surface area (Å²) in [5.41, 5.74) is 2.53. The lowest BCUT2D eigenvalue weighted by Crippen LogP contribution is -2.42. The van der Waals surface area contributed by atoms with Crippen LogP contribution in [0.25, 0.3) is 0 Å². The van der Waals surface area contributed by atoms with Crippen molar-refractivity contribution < 1.29 is 4.74 Å². The topological polar surface area (TPSA) is 52.1 Å². The normalized spacial score (nSPS) is 15.8. The summed E-state index contributed by atoms with van der Waals surface area (Å²) >= 11 is 0. The summed E-state index contributed by atoms with van der Waals surface area (Å²) in [6.07, 6.45) is 2.35. The van der Waals surface area contributed by atoms with Crippen molar-refractivity contribution in [1.82, 2.24) is 15.5 Å². The number of anilines is 1. The van der Waals surface area contributed by atoms with Crippen LogP contribution < -0.4 is 15.5 Å². The molecule has 7 heteroatoms. The first-order valence-corrected chi connectivity index (χ1v) is 10.8. The third-order valence-corrected chi connectivity index (χ3v) is 5.39. The van der Waals surface area contributed by atoms with Crippen LogP contribution in [-0.2, 0) is 11.3 Å². The fraction of sp³-hybridized carbons (Fsp3) is 0.682. The quantitative estimate of drug-likeness (QED) is 0.284. The first-order chi connectivity index (χ1) is 13.7. The van der Waals surface area contributed by atoms with Gasteiger partial charge in [0.1, 0.15) is 0 Å². The Morgan fingerprint density at radius 3 is 2.41 bits per heavy atom. The van der Waals surface area contributed by atoms with Crippen molar-refractivity contribution >= 4 is 35.6 Å². The SMILES string of the molecule is CCN(CC)CCCC(C)NC(=NC)NCc1ccc(N2CCOCC2)cc1.I. The van der Waals surface area contributed by atoms with Gasteiger partial charge >= 0.3 is 0 Å². The lowest BCUT2D eigenvalue weighted by atomic mass is 10.1. The molecule has 0 amide bonds. The van der Waals surface area contributed by atoms with Crippen LogP contribution in [0.1, 0.15) is 39.2 Å². The summed E-state index contributed by atoms with van der Waals surface area (Å²) in [6.45, 7) is 14.5. The van der Waals surface area contributed by atoms with Crippen molar-refractivity contribution in [3.63, 3.8) is 0 Å². The molecule has 1 aromatic rings. The van der Waals surface area contributed by atoms with E-state index >= 15 is 0 Å². The number of aliphatic imine (C=N–C) groups is 1. The molecule has 0 aromatic heterocycles. The second kappa shape index (κ2) is 14.8. The average Bonchev–Trinajstić information content (AvgIpc) is 2.75. The van der Waals surface area contributed by atoms with E-state index in [1.54, 1.807) is 0 Å². The van der Waals surface area contributed by atoms with E-state index in [4.69, 9.17) is 4.74 Å². The Morgan fingerprint density at radius 1 is 1.17 bits per heavy atom. The number of halogens is 1. The molecule has 166 valence electrons. The average molecular weight is 518 g/mol. The van der Waals surface area contributed by atoms with E-state index in [0.717, 1.165) is 58.3 Å². The molecular formula is C22H40IN5O. The van der Waals surface area contributed by atoms with Gasteiger partial charge in [0.2, 0.25) is 0 Å². The van der Waals surface area contributed by atoms with Crippen LogP contribution >= 0.6 is 24.0 Å². The second-order valence-electron chi connectivity index (χ2n) is 7.41. The van der Waals surface area contributed by atoms with E-state index in [9.17, 15) is 0 Å². The number of ether oxygens (including phenoxy) is 1. The maximum atomic E-state index is 5.43. The molecule has 1 unspecified atom stereocenters. The molecule has 1 aromatic carbocycles. The Morgan fingerprint density at radius 2 is 1.83 bits per heavy atom. The smallest absolute Gasteiger partial charge is 0.191 e. The first-order valence-electron chi connectivity index (χ1n) is 10.8. The minimum Gasteiger partial charge on any atom is -0.378 e. The van der Waals surface area contributed by atoms with E-state index in [2.05, 4.69) is 70.5 Å². The van der Waals surface area contributed by atoms with Crippen molar-refractivity contribution in [2.24, 2.45) is 4.99 Å². The third-order valence-electron chi connectivity index (χ3n) is 5.39. The zero-order chi connectivity index (χ0) is 20.2. The van der Waals surface area contributed by atoms with Crippen LogP contribution in [0.15, 0.2) is 29.3 Å². The van der Waals surface area contributed by atoms with Crippen molar-refractivity contribution in [3.05, 3.63) is 29.8 Å². The summed E-state index contributed by atoms with van der Waals surface area (Å²) < 4.78 is 5.43. The zero-order valence-corrected chi connectivity index (χ0v) is 20.9. The number of hydrogen-bond donors (Lipinski definition) is 2. The highest BCUT2D eigenvalue weighted by molar-refractivity contribution is 14.0. The van der Waals surface area contributed by atoms with Crippen molar-refractivity contribution in [2.75, 3.05) is 57.9 Å². The third kappa shape index (κ3) is 9.53. The largest absolute Gasteiger partial charge is 0.378 e. The maximum Gasteiger partial charge on any atom is 0.191 e. The summed E-state index contributed by atoms with van der Waals surface area (Å²) in [5, 5.41) is 6.94. The highest BCUT2D eigenvalue weighted by atomic mass is 127. The van der Waals surface area contributed by atoms with Gasteiger partial charge in [0.05, 0.1) is 13.2 Å².